The van der Waals surface area contributed by atoms with Crippen molar-refractivity contribution in [2.75, 3.05) is 4.72 Å². The first-order valence-electron chi connectivity index (χ1n) is 9.36. The minimum atomic E-state index is -4.39. The van der Waals surface area contributed by atoms with Crippen LogP contribution in [0.25, 0.3) is 0 Å². The molecule has 0 unspecified atom stereocenters. The van der Waals surface area contributed by atoms with Gasteiger partial charge in [-0.15, -0.1) is 0 Å². The Bertz CT molecular complexity index is 1110. The van der Waals surface area contributed by atoms with E-state index in [1.165, 1.54) is 12.3 Å². The fraction of sp³-hybridized carbons (Fsp3) is 0.316. The van der Waals surface area contributed by atoms with Crippen LogP contribution in [0.4, 0.5) is 14.6 Å². The van der Waals surface area contributed by atoms with E-state index >= 15 is 0 Å². The Morgan fingerprint density at radius 3 is 2.67 bits per heavy atom. The number of imidazole rings is 1. The first-order valence-corrected chi connectivity index (χ1v) is 10.8. The van der Waals surface area contributed by atoms with Crippen molar-refractivity contribution in [3.8, 4) is 5.75 Å². The van der Waals surface area contributed by atoms with Crippen molar-refractivity contribution in [1.82, 2.24) is 19.5 Å². The van der Waals surface area contributed by atoms with Crippen LogP contribution in [0, 0.1) is 11.6 Å². The lowest BCUT2D eigenvalue weighted by Gasteiger charge is -2.32. The molecule has 30 heavy (non-hydrogen) atoms. The van der Waals surface area contributed by atoms with Crippen LogP contribution >= 0.6 is 0 Å². The van der Waals surface area contributed by atoms with E-state index in [0.717, 1.165) is 31.7 Å². The molecule has 1 aliphatic carbocycles. The van der Waals surface area contributed by atoms with E-state index in [0.29, 0.717) is 12.5 Å². The molecule has 0 amide bonds. The minimum absolute atomic E-state index is 0.0597. The van der Waals surface area contributed by atoms with Gasteiger partial charge < -0.3 is 9.30 Å². The molecule has 2 atom stereocenters. The first kappa shape index (κ1) is 20.2. The maximum atomic E-state index is 14.7. The van der Waals surface area contributed by atoms with Crippen LogP contribution in [0.15, 0.2) is 54.3 Å². The van der Waals surface area contributed by atoms with Crippen LogP contribution in [0.2, 0.25) is 0 Å². The van der Waals surface area contributed by atoms with Crippen molar-refractivity contribution in [3.05, 3.63) is 61.1 Å². The zero-order chi connectivity index (χ0) is 21.1. The molecule has 8 nitrogen and oxygen atoms in total. The highest BCUT2D eigenvalue weighted by atomic mass is 32.2. The SMILES string of the molecule is O=S(=O)(Nc1ccncn1)c1cc(F)c(O[C@H]2CCCC[C@H]2n2ccnc2)cc1F. The smallest absolute Gasteiger partial charge is 0.266 e. The first-order chi connectivity index (χ1) is 14.4. The zero-order valence-electron chi connectivity index (χ0n) is 15.8. The molecule has 158 valence electrons. The van der Waals surface area contributed by atoms with Gasteiger partial charge >= 0.3 is 0 Å². The number of nitrogens with zero attached hydrogens (tertiary/aromatic N) is 4. The van der Waals surface area contributed by atoms with Gasteiger partial charge in [0.2, 0.25) is 0 Å². The third kappa shape index (κ3) is 4.25. The largest absolute Gasteiger partial charge is 0.485 e. The third-order valence-corrected chi connectivity index (χ3v) is 6.32. The molecule has 1 saturated carbocycles. The van der Waals surface area contributed by atoms with Crippen molar-refractivity contribution < 1.29 is 21.9 Å². The lowest BCUT2D eigenvalue weighted by molar-refractivity contribution is 0.0930. The van der Waals surface area contributed by atoms with E-state index in [2.05, 4.69) is 19.7 Å². The summed E-state index contributed by atoms with van der Waals surface area (Å²) in [7, 11) is -4.39. The molecule has 2 aromatic heterocycles. The number of hydrogen-bond donors (Lipinski definition) is 1. The van der Waals surface area contributed by atoms with E-state index in [1.54, 1.807) is 18.7 Å². The molecule has 2 heterocycles. The zero-order valence-corrected chi connectivity index (χ0v) is 16.6. The Hall–Kier alpha value is -3.08. The molecule has 1 aromatic carbocycles. The number of halogens is 2. The Morgan fingerprint density at radius 2 is 1.93 bits per heavy atom. The highest BCUT2D eigenvalue weighted by Gasteiger charge is 2.30. The second-order valence-corrected chi connectivity index (χ2v) is 8.58. The molecule has 1 fully saturated rings. The molecule has 11 heteroatoms. The second-order valence-electron chi connectivity index (χ2n) is 6.93. The van der Waals surface area contributed by atoms with Crippen molar-refractivity contribution in [2.24, 2.45) is 0 Å². The maximum absolute atomic E-state index is 14.7. The second kappa shape index (κ2) is 8.34. The number of anilines is 1. The quantitative estimate of drug-likeness (QED) is 0.638. The van der Waals surface area contributed by atoms with Gasteiger partial charge in [0.25, 0.3) is 10.0 Å². The van der Waals surface area contributed by atoms with Crippen molar-refractivity contribution in [2.45, 2.75) is 42.7 Å². The van der Waals surface area contributed by atoms with Crippen LogP contribution < -0.4 is 9.46 Å². The molecule has 1 N–H and O–H groups in total. The van der Waals surface area contributed by atoms with Crippen LogP contribution in [-0.4, -0.2) is 34.0 Å². The predicted molar refractivity (Wildman–Crippen MR) is 103 cm³/mol. The Kier molecular flexibility index (Phi) is 5.62. The summed E-state index contributed by atoms with van der Waals surface area (Å²) in [4.78, 5) is 10.6. The van der Waals surface area contributed by atoms with Gasteiger partial charge in [0.05, 0.1) is 12.4 Å². The summed E-state index contributed by atoms with van der Waals surface area (Å²) in [5.41, 5.74) is 0. The molecule has 0 spiro atoms. The summed E-state index contributed by atoms with van der Waals surface area (Å²) < 4.78 is 64.0. The predicted octanol–water partition coefficient (Wildman–Crippen LogP) is 3.31. The lowest BCUT2D eigenvalue weighted by Crippen LogP contribution is -2.32. The van der Waals surface area contributed by atoms with Crippen molar-refractivity contribution in [1.29, 1.82) is 0 Å². The van der Waals surface area contributed by atoms with Crippen LogP contribution in [-0.2, 0) is 10.0 Å². The molecule has 0 bridgehead atoms. The normalized spacial score (nSPS) is 19.4. The number of benzene rings is 1. The highest BCUT2D eigenvalue weighted by molar-refractivity contribution is 7.92. The summed E-state index contributed by atoms with van der Waals surface area (Å²) >= 11 is 0. The standard InChI is InChI=1S/C19H19F2N5O3S/c20-13-10-18(30(27,28)25-19-5-6-22-11-24-19)14(21)9-17(13)29-16-4-2-1-3-15(16)26-8-7-23-12-26/h5-12,15-16H,1-4H2,(H,22,24,25)/t15-,16+/m1/s1. The van der Waals surface area contributed by atoms with E-state index in [9.17, 15) is 17.2 Å². The fourth-order valence-corrected chi connectivity index (χ4v) is 4.62. The van der Waals surface area contributed by atoms with Gasteiger partial charge in [-0.25, -0.2) is 32.2 Å². The fourth-order valence-electron chi connectivity index (χ4n) is 3.53. The van der Waals surface area contributed by atoms with Crippen molar-refractivity contribution in [3.63, 3.8) is 0 Å². The van der Waals surface area contributed by atoms with Gasteiger partial charge in [0.15, 0.2) is 11.6 Å². The van der Waals surface area contributed by atoms with E-state index in [1.807, 2.05) is 4.57 Å². The number of sulfonamides is 1. The molecular weight excluding hydrogens is 416 g/mol. The number of rotatable bonds is 6. The molecule has 0 aliphatic heterocycles. The average Bonchev–Trinajstić information content (AvgIpc) is 3.26. The minimum Gasteiger partial charge on any atom is -0.485 e. The molecule has 4 rings (SSSR count). The Balaban J connectivity index is 1.58. The van der Waals surface area contributed by atoms with E-state index in [4.69, 9.17) is 4.74 Å². The Labute approximate surface area is 172 Å². The number of ether oxygens (including phenoxy) is 1. The molecular formula is C19H19F2N5O3S. The van der Waals surface area contributed by atoms with Gasteiger partial charge in [-0.2, -0.15) is 0 Å². The summed E-state index contributed by atoms with van der Waals surface area (Å²) in [6, 6.07) is 2.61. The van der Waals surface area contributed by atoms with Crippen molar-refractivity contribution >= 4 is 15.8 Å². The van der Waals surface area contributed by atoms with Crippen LogP contribution in [0.1, 0.15) is 31.7 Å². The summed E-state index contributed by atoms with van der Waals surface area (Å²) in [6.45, 7) is 0. The maximum Gasteiger partial charge on any atom is 0.266 e. The average molecular weight is 435 g/mol. The van der Waals surface area contributed by atoms with E-state index in [-0.39, 0.29) is 23.7 Å². The topological polar surface area (TPSA) is 99.0 Å². The number of hydrogen-bond acceptors (Lipinski definition) is 6. The highest BCUT2D eigenvalue weighted by Crippen LogP contribution is 2.34. The molecule has 1 aliphatic rings. The van der Waals surface area contributed by atoms with Crippen LogP contribution in [0.3, 0.4) is 0 Å². The van der Waals surface area contributed by atoms with Gasteiger partial charge in [0, 0.05) is 30.7 Å². The van der Waals surface area contributed by atoms with Crippen LogP contribution in [0.5, 0.6) is 5.75 Å². The summed E-state index contributed by atoms with van der Waals surface area (Å²) in [6.07, 6.45) is 10.6. The summed E-state index contributed by atoms with van der Waals surface area (Å²) in [5.74, 6) is -2.47. The summed E-state index contributed by atoms with van der Waals surface area (Å²) in [5, 5.41) is 0. The third-order valence-electron chi connectivity index (χ3n) is 4.95. The number of aromatic nitrogens is 4. The Morgan fingerprint density at radius 1 is 1.10 bits per heavy atom. The van der Waals surface area contributed by atoms with E-state index < -0.39 is 26.6 Å². The molecule has 0 saturated heterocycles. The molecule has 0 radical (unpaired) electrons. The lowest BCUT2D eigenvalue weighted by atomic mass is 9.92. The van der Waals surface area contributed by atoms with Gasteiger partial charge in [-0.3, -0.25) is 4.72 Å². The van der Waals surface area contributed by atoms with Gasteiger partial charge in [-0.1, -0.05) is 6.42 Å². The monoisotopic (exact) mass is 435 g/mol. The van der Waals surface area contributed by atoms with Gasteiger partial charge in [-0.05, 0) is 25.3 Å². The number of nitrogens with one attached hydrogen (secondary N) is 1. The van der Waals surface area contributed by atoms with Gasteiger partial charge in [0.1, 0.15) is 29.0 Å². The molecule has 3 aromatic rings.